The predicted molar refractivity (Wildman–Crippen MR) is 72.7 cm³/mol. The zero-order valence-electron chi connectivity index (χ0n) is 10.4. The van der Waals surface area contributed by atoms with E-state index in [1.807, 2.05) is 26.2 Å². The van der Waals surface area contributed by atoms with Crippen LogP contribution in [0.3, 0.4) is 0 Å². The summed E-state index contributed by atoms with van der Waals surface area (Å²) in [6, 6.07) is 4.49. The molecule has 0 aliphatic carbocycles. The molecule has 4 heteroatoms. The van der Waals surface area contributed by atoms with Gasteiger partial charge in [0.15, 0.2) is 0 Å². The molecule has 0 spiro atoms. The molecule has 2 aromatic heterocycles. The van der Waals surface area contributed by atoms with E-state index in [0.717, 1.165) is 18.1 Å². The first-order valence-electron chi connectivity index (χ1n) is 5.70. The van der Waals surface area contributed by atoms with Crippen LogP contribution in [-0.4, -0.2) is 23.1 Å². The standard InChI is InChI=1S/C13H17N3S/c1-10-4-6-14-13(15-10)16(3)11(2)8-12-5-7-17-9-12/h4-7,9,11H,8H2,1-3H3. The second-order valence-electron chi connectivity index (χ2n) is 4.29. The van der Waals surface area contributed by atoms with Crippen molar-refractivity contribution in [3.8, 4) is 0 Å². The van der Waals surface area contributed by atoms with E-state index in [4.69, 9.17) is 0 Å². The summed E-state index contributed by atoms with van der Waals surface area (Å²) in [5.74, 6) is 0.799. The molecule has 17 heavy (non-hydrogen) atoms. The largest absolute Gasteiger partial charge is 0.341 e. The van der Waals surface area contributed by atoms with Gasteiger partial charge in [-0.05, 0) is 48.7 Å². The second-order valence-corrected chi connectivity index (χ2v) is 5.07. The number of hydrogen-bond donors (Lipinski definition) is 0. The Morgan fingerprint density at radius 2 is 2.24 bits per heavy atom. The lowest BCUT2D eigenvalue weighted by Gasteiger charge is -2.24. The monoisotopic (exact) mass is 247 g/mol. The third kappa shape index (κ3) is 3.03. The molecular formula is C13H17N3S. The first kappa shape index (κ1) is 12.0. The summed E-state index contributed by atoms with van der Waals surface area (Å²) >= 11 is 1.74. The van der Waals surface area contributed by atoms with Gasteiger partial charge in [-0.15, -0.1) is 0 Å². The Morgan fingerprint density at radius 1 is 1.41 bits per heavy atom. The summed E-state index contributed by atoms with van der Waals surface area (Å²) in [7, 11) is 2.05. The average Bonchev–Trinajstić information content (AvgIpc) is 2.80. The third-order valence-electron chi connectivity index (χ3n) is 2.87. The van der Waals surface area contributed by atoms with Crippen LogP contribution in [0.5, 0.6) is 0 Å². The highest BCUT2D eigenvalue weighted by Gasteiger charge is 2.13. The molecule has 2 rings (SSSR count). The number of aromatic nitrogens is 2. The van der Waals surface area contributed by atoms with E-state index < -0.39 is 0 Å². The molecule has 2 aromatic rings. The van der Waals surface area contributed by atoms with E-state index in [1.54, 1.807) is 11.3 Å². The van der Waals surface area contributed by atoms with E-state index >= 15 is 0 Å². The summed E-state index contributed by atoms with van der Waals surface area (Å²) < 4.78 is 0. The van der Waals surface area contributed by atoms with Crippen LogP contribution in [0.4, 0.5) is 5.95 Å². The molecule has 0 saturated carbocycles. The normalized spacial score (nSPS) is 12.4. The van der Waals surface area contributed by atoms with Gasteiger partial charge >= 0.3 is 0 Å². The van der Waals surface area contributed by atoms with Crippen molar-refractivity contribution >= 4 is 17.3 Å². The van der Waals surface area contributed by atoms with Gasteiger partial charge in [0, 0.05) is 25.0 Å². The predicted octanol–water partition coefficient (Wildman–Crippen LogP) is 2.91. The van der Waals surface area contributed by atoms with Crippen molar-refractivity contribution in [2.45, 2.75) is 26.3 Å². The lowest BCUT2D eigenvalue weighted by Crippen LogP contribution is -2.32. The van der Waals surface area contributed by atoms with E-state index in [-0.39, 0.29) is 0 Å². The van der Waals surface area contributed by atoms with Crippen LogP contribution in [0.15, 0.2) is 29.1 Å². The van der Waals surface area contributed by atoms with Crippen LogP contribution in [0, 0.1) is 6.92 Å². The highest BCUT2D eigenvalue weighted by molar-refractivity contribution is 7.07. The van der Waals surface area contributed by atoms with Crippen LogP contribution in [0.25, 0.3) is 0 Å². The van der Waals surface area contributed by atoms with Crippen molar-refractivity contribution in [1.29, 1.82) is 0 Å². The molecule has 0 aliphatic heterocycles. The Hall–Kier alpha value is -1.42. The van der Waals surface area contributed by atoms with Crippen LogP contribution >= 0.6 is 11.3 Å². The molecule has 1 unspecified atom stereocenters. The average molecular weight is 247 g/mol. The van der Waals surface area contributed by atoms with Crippen molar-refractivity contribution in [3.63, 3.8) is 0 Å². The third-order valence-corrected chi connectivity index (χ3v) is 3.60. The quantitative estimate of drug-likeness (QED) is 0.832. The van der Waals surface area contributed by atoms with Gasteiger partial charge in [0.05, 0.1) is 0 Å². The minimum Gasteiger partial charge on any atom is -0.341 e. The fourth-order valence-corrected chi connectivity index (χ4v) is 2.37. The fraction of sp³-hybridized carbons (Fsp3) is 0.385. The number of aryl methyl sites for hydroxylation is 1. The maximum Gasteiger partial charge on any atom is 0.225 e. The lowest BCUT2D eigenvalue weighted by atomic mass is 10.1. The smallest absolute Gasteiger partial charge is 0.225 e. The van der Waals surface area contributed by atoms with Crippen LogP contribution < -0.4 is 4.90 Å². The summed E-state index contributed by atoms with van der Waals surface area (Å²) in [5, 5.41) is 4.31. The molecular weight excluding hydrogens is 230 g/mol. The summed E-state index contributed by atoms with van der Waals surface area (Å²) in [4.78, 5) is 10.9. The van der Waals surface area contributed by atoms with Crippen molar-refractivity contribution < 1.29 is 0 Å². The fourth-order valence-electron chi connectivity index (χ4n) is 1.69. The zero-order chi connectivity index (χ0) is 12.3. The molecule has 0 bridgehead atoms. The Labute approximate surface area is 106 Å². The Morgan fingerprint density at radius 3 is 2.88 bits per heavy atom. The van der Waals surface area contributed by atoms with E-state index in [1.165, 1.54) is 5.56 Å². The molecule has 0 radical (unpaired) electrons. The van der Waals surface area contributed by atoms with Crippen LogP contribution in [0.2, 0.25) is 0 Å². The molecule has 0 aliphatic rings. The Bertz CT molecular complexity index is 467. The van der Waals surface area contributed by atoms with Gasteiger partial charge in [-0.25, -0.2) is 9.97 Å². The molecule has 3 nitrogen and oxygen atoms in total. The van der Waals surface area contributed by atoms with Crippen molar-refractivity contribution in [3.05, 3.63) is 40.3 Å². The number of rotatable bonds is 4. The first-order valence-corrected chi connectivity index (χ1v) is 6.64. The van der Waals surface area contributed by atoms with Gasteiger partial charge < -0.3 is 4.90 Å². The molecule has 0 saturated heterocycles. The lowest BCUT2D eigenvalue weighted by molar-refractivity contribution is 0.665. The number of likely N-dealkylation sites (N-methyl/N-ethyl adjacent to an activating group) is 1. The number of nitrogens with zero attached hydrogens (tertiary/aromatic N) is 3. The van der Waals surface area contributed by atoms with Gasteiger partial charge in [0.25, 0.3) is 0 Å². The van der Waals surface area contributed by atoms with Crippen LogP contribution in [0.1, 0.15) is 18.2 Å². The van der Waals surface area contributed by atoms with Gasteiger partial charge in [0.2, 0.25) is 5.95 Å². The van der Waals surface area contributed by atoms with E-state index in [0.29, 0.717) is 6.04 Å². The summed E-state index contributed by atoms with van der Waals surface area (Å²) in [6.07, 6.45) is 2.84. The topological polar surface area (TPSA) is 29.0 Å². The van der Waals surface area contributed by atoms with E-state index in [9.17, 15) is 0 Å². The maximum absolute atomic E-state index is 4.44. The minimum absolute atomic E-state index is 0.395. The Balaban J connectivity index is 2.06. The molecule has 2 heterocycles. The first-order chi connectivity index (χ1) is 8.16. The second kappa shape index (κ2) is 5.27. The molecule has 1 atom stereocenters. The molecule has 0 N–H and O–H groups in total. The highest BCUT2D eigenvalue weighted by atomic mass is 32.1. The Kier molecular flexibility index (Phi) is 3.74. The van der Waals surface area contributed by atoms with Crippen molar-refractivity contribution in [2.75, 3.05) is 11.9 Å². The minimum atomic E-state index is 0.395. The van der Waals surface area contributed by atoms with Crippen LogP contribution in [-0.2, 0) is 6.42 Å². The van der Waals surface area contributed by atoms with Gasteiger partial charge in [-0.2, -0.15) is 11.3 Å². The van der Waals surface area contributed by atoms with Gasteiger partial charge in [0.1, 0.15) is 0 Å². The van der Waals surface area contributed by atoms with E-state index in [2.05, 4.69) is 38.6 Å². The van der Waals surface area contributed by atoms with Gasteiger partial charge in [-0.1, -0.05) is 0 Å². The number of anilines is 1. The molecule has 0 amide bonds. The SMILES string of the molecule is Cc1ccnc(N(C)C(C)Cc2ccsc2)n1. The number of hydrogen-bond acceptors (Lipinski definition) is 4. The van der Waals surface area contributed by atoms with Crippen molar-refractivity contribution in [1.82, 2.24) is 9.97 Å². The summed E-state index contributed by atoms with van der Waals surface area (Å²) in [6.45, 7) is 4.19. The van der Waals surface area contributed by atoms with Gasteiger partial charge in [-0.3, -0.25) is 0 Å². The molecule has 90 valence electrons. The zero-order valence-corrected chi connectivity index (χ0v) is 11.2. The summed E-state index contributed by atoms with van der Waals surface area (Å²) in [5.41, 5.74) is 2.38. The number of thiophene rings is 1. The maximum atomic E-state index is 4.44. The molecule has 0 fully saturated rings. The highest BCUT2D eigenvalue weighted by Crippen LogP contribution is 2.14. The molecule has 0 aromatic carbocycles. The van der Waals surface area contributed by atoms with Crippen molar-refractivity contribution in [2.24, 2.45) is 0 Å².